The van der Waals surface area contributed by atoms with Crippen LogP contribution in [0.2, 0.25) is 0 Å². The Labute approximate surface area is 208 Å². The number of anilines is 2. The third kappa shape index (κ3) is 6.91. The van der Waals surface area contributed by atoms with Crippen LogP contribution >= 0.6 is 0 Å². The van der Waals surface area contributed by atoms with E-state index in [9.17, 15) is 35.2 Å². The highest BCUT2D eigenvalue weighted by Crippen LogP contribution is 2.31. The highest BCUT2D eigenvalue weighted by Gasteiger charge is 2.35. The molecule has 4 N–H and O–H groups in total. The zero-order valence-corrected chi connectivity index (χ0v) is 21.7. The molecule has 2 aromatic rings. The number of nitrogens with two attached hydrogens (primary N) is 1. The number of hydrogen-bond acceptors (Lipinski definition) is 7. The summed E-state index contributed by atoms with van der Waals surface area (Å²) >= 11 is 0. The van der Waals surface area contributed by atoms with Crippen molar-refractivity contribution >= 4 is 43.4 Å². The van der Waals surface area contributed by atoms with Gasteiger partial charge in [0, 0.05) is 5.69 Å². The number of carboxylic acids is 2. The molecule has 0 unspecified atom stereocenters. The van der Waals surface area contributed by atoms with Crippen molar-refractivity contribution in [1.29, 1.82) is 0 Å². The Morgan fingerprint density at radius 2 is 1.19 bits per heavy atom. The van der Waals surface area contributed by atoms with Gasteiger partial charge in [-0.05, 0) is 62.1 Å². The van der Waals surface area contributed by atoms with Crippen molar-refractivity contribution < 1.29 is 45.4 Å². The van der Waals surface area contributed by atoms with Crippen molar-refractivity contribution in [2.75, 3.05) is 20.9 Å². The number of rotatable bonds is 9. The van der Waals surface area contributed by atoms with Gasteiger partial charge < -0.3 is 15.9 Å². The minimum atomic E-state index is -4.25. The van der Waals surface area contributed by atoms with Crippen LogP contribution in [-0.4, -0.2) is 50.5 Å². The fraction of sp³-hybridized carbons (Fsp3) is 0.364. The molecular weight excluding hydrogens is 522 g/mol. The van der Waals surface area contributed by atoms with Gasteiger partial charge in [-0.25, -0.2) is 35.2 Å². The Hall–Kier alpha value is -3.26. The van der Waals surface area contributed by atoms with Gasteiger partial charge in [-0.2, -0.15) is 3.71 Å². The summed E-state index contributed by atoms with van der Waals surface area (Å²) in [6.07, 6.45) is 0.346. The van der Waals surface area contributed by atoms with Gasteiger partial charge in [0.05, 0.1) is 17.2 Å². The van der Waals surface area contributed by atoms with Gasteiger partial charge in [-0.1, -0.05) is 13.8 Å². The molecule has 10 nitrogen and oxygen atoms in total. The second-order valence-corrected chi connectivity index (χ2v) is 11.7. The summed E-state index contributed by atoms with van der Waals surface area (Å²) in [6.45, 7) is 5.80. The largest absolute Gasteiger partial charge is 0.478 e. The van der Waals surface area contributed by atoms with Crippen LogP contribution in [0.25, 0.3) is 0 Å². The summed E-state index contributed by atoms with van der Waals surface area (Å²) < 4.78 is 76.7. The summed E-state index contributed by atoms with van der Waals surface area (Å²) in [6, 6.07) is 4.11. The lowest BCUT2D eigenvalue weighted by molar-refractivity contribution is 0.0679. The fourth-order valence-electron chi connectivity index (χ4n) is 3.24. The molecule has 0 spiro atoms. The van der Waals surface area contributed by atoms with E-state index >= 15 is 0 Å². The number of carbonyl (C=O) groups is 2. The van der Waals surface area contributed by atoms with E-state index in [-0.39, 0.29) is 44.6 Å². The van der Waals surface area contributed by atoms with Crippen LogP contribution in [0.15, 0.2) is 24.3 Å². The zero-order chi connectivity index (χ0) is 28.0. The number of nitrogen functional groups attached to an aromatic ring is 1. The Balaban J connectivity index is 0.000000450. The molecule has 0 aromatic heterocycles. The number of aromatic carboxylic acids is 2. The standard InChI is InChI=1S/C14H20FNO6S2.C8H8FNO2/c1-4-8-23(19,20)16(24(21,22)9-5-2)12-7-6-11(15)13(10(12)3)14(17)18;1-4-6(10)3-2-5(9)7(4)8(11)12/h6-7H,4-5,8-9H2,1-3H3,(H,17,18);2-3H,10H2,1H3,(H,11,12). The summed E-state index contributed by atoms with van der Waals surface area (Å²) in [7, 11) is -8.51. The molecule has 14 heteroatoms. The summed E-state index contributed by atoms with van der Waals surface area (Å²) in [5, 5.41) is 17.7. The molecule has 2 aromatic carbocycles. The van der Waals surface area contributed by atoms with E-state index in [1.165, 1.54) is 19.9 Å². The molecule has 0 fully saturated rings. The maximum Gasteiger partial charge on any atom is 0.339 e. The number of carboxylic acid groups (broad SMARTS) is 2. The third-order valence-corrected chi connectivity index (χ3v) is 9.51. The van der Waals surface area contributed by atoms with Crippen molar-refractivity contribution in [3.8, 4) is 0 Å². The van der Waals surface area contributed by atoms with Gasteiger partial charge in [-0.15, -0.1) is 0 Å². The van der Waals surface area contributed by atoms with Crippen LogP contribution < -0.4 is 9.44 Å². The lowest BCUT2D eigenvalue weighted by Gasteiger charge is -2.25. The number of sulfonamides is 2. The van der Waals surface area contributed by atoms with Gasteiger partial charge in [0.1, 0.15) is 22.8 Å². The van der Waals surface area contributed by atoms with Gasteiger partial charge in [0.25, 0.3) is 0 Å². The van der Waals surface area contributed by atoms with Crippen molar-refractivity contribution in [2.24, 2.45) is 0 Å². The second-order valence-electron chi connectivity index (χ2n) is 7.64. The molecule has 0 aliphatic carbocycles. The number of halogens is 2. The first-order chi connectivity index (χ1) is 16.5. The highest BCUT2D eigenvalue weighted by molar-refractivity contribution is 8.10. The summed E-state index contributed by atoms with van der Waals surface area (Å²) in [4.78, 5) is 21.7. The molecule has 36 heavy (non-hydrogen) atoms. The van der Waals surface area contributed by atoms with Crippen molar-refractivity contribution in [2.45, 2.75) is 40.5 Å². The lowest BCUT2D eigenvalue weighted by Crippen LogP contribution is -2.40. The van der Waals surface area contributed by atoms with Gasteiger partial charge in [0.15, 0.2) is 0 Å². The Kier molecular flexibility index (Phi) is 10.4. The zero-order valence-electron chi connectivity index (χ0n) is 20.1. The van der Waals surface area contributed by atoms with Crippen LogP contribution in [0, 0.1) is 25.5 Å². The van der Waals surface area contributed by atoms with Crippen LogP contribution in [0.4, 0.5) is 20.2 Å². The van der Waals surface area contributed by atoms with Crippen LogP contribution in [0.5, 0.6) is 0 Å². The summed E-state index contributed by atoms with van der Waals surface area (Å²) in [5.41, 5.74) is 4.22. The smallest absolute Gasteiger partial charge is 0.339 e. The third-order valence-electron chi connectivity index (χ3n) is 4.90. The van der Waals surface area contributed by atoms with E-state index in [4.69, 9.17) is 15.9 Å². The van der Waals surface area contributed by atoms with Crippen LogP contribution in [-0.2, 0) is 20.0 Å². The molecule has 0 aliphatic rings. The molecule has 0 saturated carbocycles. The van der Waals surface area contributed by atoms with Gasteiger partial charge >= 0.3 is 11.9 Å². The van der Waals surface area contributed by atoms with Crippen LogP contribution in [0.1, 0.15) is 58.5 Å². The van der Waals surface area contributed by atoms with Crippen molar-refractivity contribution in [3.63, 3.8) is 0 Å². The number of hydrogen-bond donors (Lipinski definition) is 3. The van der Waals surface area contributed by atoms with Crippen molar-refractivity contribution in [3.05, 3.63) is 58.2 Å². The first-order valence-corrected chi connectivity index (χ1v) is 13.8. The first kappa shape index (κ1) is 30.8. The average molecular weight is 551 g/mol. The van der Waals surface area contributed by atoms with E-state index in [2.05, 4.69) is 0 Å². The molecule has 0 atom stereocenters. The lowest BCUT2D eigenvalue weighted by atomic mass is 10.1. The fourth-order valence-corrected chi connectivity index (χ4v) is 7.43. The molecule has 2 rings (SSSR count). The number of nitrogens with zero attached hydrogens (tertiary/aromatic N) is 1. The molecule has 0 heterocycles. The SMILES string of the molecule is CCCS(=O)(=O)N(c1ccc(F)c(C(=O)O)c1C)S(=O)(=O)CCC.Cc1c(N)ccc(F)c1C(=O)O. The molecular formula is C22H28F2N2O8S2. The summed E-state index contributed by atoms with van der Waals surface area (Å²) in [5.74, 6) is -5.59. The first-order valence-electron chi connectivity index (χ1n) is 10.6. The van der Waals surface area contributed by atoms with Gasteiger partial charge in [0.2, 0.25) is 20.0 Å². The van der Waals surface area contributed by atoms with Gasteiger partial charge in [-0.3, -0.25) is 0 Å². The molecule has 0 aliphatic heterocycles. The predicted molar refractivity (Wildman–Crippen MR) is 131 cm³/mol. The number of benzene rings is 2. The Bertz CT molecular complexity index is 1320. The monoisotopic (exact) mass is 550 g/mol. The van der Waals surface area contributed by atoms with E-state index < -0.39 is 60.7 Å². The van der Waals surface area contributed by atoms with E-state index in [1.807, 2.05) is 0 Å². The second kappa shape index (κ2) is 12.1. The maximum absolute atomic E-state index is 13.7. The molecule has 0 bridgehead atoms. The quantitative estimate of drug-likeness (QED) is 0.395. The molecule has 0 saturated heterocycles. The Morgan fingerprint density at radius 3 is 1.56 bits per heavy atom. The molecule has 0 radical (unpaired) electrons. The average Bonchev–Trinajstić information content (AvgIpc) is 2.72. The van der Waals surface area contributed by atoms with E-state index in [0.717, 1.165) is 18.2 Å². The highest BCUT2D eigenvalue weighted by atomic mass is 32.3. The van der Waals surface area contributed by atoms with E-state index in [1.54, 1.807) is 13.8 Å². The molecule has 200 valence electrons. The van der Waals surface area contributed by atoms with E-state index in [0.29, 0.717) is 0 Å². The molecule has 0 amide bonds. The van der Waals surface area contributed by atoms with Crippen LogP contribution in [0.3, 0.4) is 0 Å². The normalized spacial score (nSPS) is 11.4. The minimum absolute atomic E-state index is 0.173. The minimum Gasteiger partial charge on any atom is -0.478 e. The topological polar surface area (TPSA) is 172 Å². The predicted octanol–water partition coefficient (Wildman–Crippen LogP) is 3.53. The maximum atomic E-state index is 13.7. The van der Waals surface area contributed by atoms with Crippen molar-refractivity contribution in [1.82, 2.24) is 0 Å². The Morgan fingerprint density at radius 1 is 0.806 bits per heavy atom.